The van der Waals surface area contributed by atoms with Gasteiger partial charge in [-0.3, -0.25) is 4.90 Å². The predicted octanol–water partition coefficient (Wildman–Crippen LogP) is 1.85. The molecule has 0 aromatic heterocycles. The van der Waals surface area contributed by atoms with Crippen molar-refractivity contribution in [3.05, 3.63) is 0 Å². The average molecular weight is 196 g/mol. The lowest BCUT2D eigenvalue weighted by atomic mass is 9.75. The summed E-state index contributed by atoms with van der Waals surface area (Å²) >= 11 is 0. The third-order valence-corrected chi connectivity index (χ3v) is 4.08. The van der Waals surface area contributed by atoms with Crippen LogP contribution in [0.15, 0.2) is 0 Å². The first-order valence-electron chi connectivity index (χ1n) is 6.06. The normalized spacial score (nSPS) is 37.9. The van der Waals surface area contributed by atoms with Crippen LogP contribution in [-0.4, -0.2) is 30.6 Å². The summed E-state index contributed by atoms with van der Waals surface area (Å²) in [7, 11) is 0. The quantitative estimate of drug-likeness (QED) is 0.730. The van der Waals surface area contributed by atoms with Crippen molar-refractivity contribution in [3.63, 3.8) is 0 Å². The zero-order valence-corrected chi connectivity index (χ0v) is 9.63. The van der Waals surface area contributed by atoms with E-state index in [2.05, 4.69) is 18.7 Å². The van der Waals surface area contributed by atoms with Crippen molar-refractivity contribution in [2.24, 2.45) is 17.1 Å². The number of piperidine rings is 1. The van der Waals surface area contributed by atoms with Crippen LogP contribution < -0.4 is 5.73 Å². The first-order chi connectivity index (χ1) is 6.62. The fourth-order valence-electron chi connectivity index (χ4n) is 3.06. The summed E-state index contributed by atoms with van der Waals surface area (Å²) in [6.45, 7) is 8.28. The summed E-state index contributed by atoms with van der Waals surface area (Å²) in [5.74, 6) is 0.795. The lowest BCUT2D eigenvalue weighted by Gasteiger charge is -2.49. The minimum Gasteiger partial charge on any atom is -0.330 e. The first-order valence-corrected chi connectivity index (χ1v) is 6.06. The molecule has 82 valence electrons. The van der Waals surface area contributed by atoms with Gasteiger partial charge in [0.25, 0.3) is 0 Å². The summed E-state index contributed by atoms with van der Waals surface area (Å²) in [5.41, 5.74) is 6.31. The highest BCUT2D eigenvalue weighted by molar-refractivity contribution is 4.93. The highest BCUT2D eigenvalue weighted by Gasteiger charge is 2.38. The lowest BCUT2D eigenvalue weighted by Crippen LogP contribution is -2.54. The average Bonchev–Trinajstić information content (AvgIpc) is 2.00. The summed E-state index contributed by atoms with van der Waals surface area (Å²) < 4.78 is 0. The van der Waals surface area contributed by atoms with E-state index in [4.69, 9.17) is 5.73 Å². The van der Waals surface area contributed by atoms with Crippen LogP contribution in [0.2, 0.25) is 0 Å². The molecule has 2 atom stereocenters. The zero-order chi connectivity index (χ0) is 10.2. The van der Waals surface area contributed by atoms with E-state index >= 15 is 0 Å². The second kappa shape index (κ2) is 3.82. The largest absolute Gasteiger partial charge is 0.330 e. The second-order valence-corrected chi connectivity index (χ2v) is 5.88. The Labute approximate surface area is 87.8 Å². The van der Waals surface area contributed by atoms with Gasteiger partial charge in [-0.1, -0.05) is 13.8 Å². The highest BCUT2D eigenvalue weighted by atomic mass is 15.2. The highest BCUT2D eigenvalue weighted by Crippen LogP contribution is 2.37. The van der Waals surface area contributed by atoms with Gasteiger partial charge >= 0.3 is 0 Å². The number of likely N-dealkylation sites (tertiary alicyclic amines) is 1. The Morgan fingerprint density at radius 2 is 2.14 bits per heavy atom. The summed E-state index contributed by atoms with van der Waals surface area (Å²) in [6, 6.07) is 0.819. The molecule has 1 heterocycles. The predicted molar refractivity (Wildman–Crippen MR) is 60.2 cm³/mol. The van der Waals surface area contributed by atoms with Gasteiger partial charge in [0.15, 0.2) is 0 Å². The van der Waals surface area contributed by atoms with E-state index in [1.807, 2.05) is 0 Å². The van der Waals surface area contributed by atoms with Crippen molar-refractivity contribution in [2.45, 2.75) is 45.6 Å². The number of hydrogen-bond donors (Lipinski definition) is 1. The molecule has 1 saturated carbocycles. The van der Waals surface area contributed by atoms with E-state index in [9.17, 15) is 0 Å². The molecule has 1 aliphatic heterocycles. The molecule has 2 nitrogen and oxygen atoms in total. The van der Waals surface area contributed by atoms with Crippen molar-refractivity contribution < 1.29 is 0 Å². The topological polar surface area (TPSA) is 29.3 Å². The number of rotatable bonds is 2. The maximum Gasteiger partial charge on any atom is 0.0136 e. The van der Waals surface area contributed by atoms with Gasteiger partial charge in [0.1, 0.15) is 0 Å². The summed E-state index contributed by atoms with van der Waals surface area (Å²) in [4.78, 5) is 2.70. The smallest absolute Gasteiger partial charge is 0.0136 e. The van der Waals surface area contributed by atoms with Crippen LogP contribution >= 0.6 is 0 Å². The SMILES string of the molecule is CC1(C)CCCN(C2CCC2CN)C1. The Morgan fingerprint density at radius 3 is 2.64 bits per heavy atom. The molecule has 1 aliphatic carbocycles. The van der Waals surface area contributed by atoms with Gasteiger partial charge in [0.05, 0.1) is 0 Å². The van der Waals surface area contributed by atoms with Gasteiger partial charge in [-0.05, 0) is 50.1 Å². The van der Waals surface area contributed by atoms with E-state index < -0.39 is 0 Å². The van der Waals surface area contributed by atoms with Gasteiger partial charge in [-0.15, -0.1) is 0 Å². The first kappa shape index (κ1) is 10.4. The maximum atomic E-state index is 5.77. The van der Waals surface area contributed by atoms with Crippen molar-refractivity contribution in [1.29, 1.82) is 0 Å². The Balaban J connectivity index is 1.91. The molecule has 2 unspecified atom stereocenters. The van der Waals surface area contributed by atoms with Crippen molar-refractivity contribution >= 4 is 0 Å². The van der Waals surface area contributed by atoms with Crippen LogP contribution in [-0.2, 0) is 0 Å². The van der Waals surface area contributed by atoms with Crippen molar-refractivity contribution in [3.8, 4) is 0 Å². The molecule has 1 saturated heterocycles. The van der Waals surface area contributed by atoms with Crippen molar-refractivity contribution in [2.75, 3.05) is 19.6 Å². The molecule has 0 aromatic rings. The molecule has 0 aromatic carbocycles. The fraction of sp³-hybridized carbons (Fsp3) is 1.00. The minimum atomic E-state index is 0.535. The van der Waals surface area contributed by atoms with Gasteiger partial charge in [0, 0.05) is 12.6 Å². The Kier molecular flexibility index (Phi) is 2.85. The van der Waals surface area contributed by atoms with E-state index in [1.54, 1.807) is 0 Å². The molecule has 0 radical (unpaired) electrons. The molecule has 2 fully saturated rings. The molecule has 2 aliphatic rings. The third kappa shape index (κ3) is 1.96. The standard InChI is InChI=1S/C12H24N2/c1-12(2)6-3-7-14(9-12)11-5-4-10(11)8-13/h10-11H,3-9,13H2,1-2H3. The van der Waals surface area contributed by atoms with Gasteiger partial charge < -0.3 is 5.73 Å². The van der Waals surface area contributed by atoms with Crippen LogP contribution in [0.3, 0.4) is 0 Å². The Morgan fingerprint density at radius 1 is 1.36 bits per heavy atom. The zero-order valence-electron chi connectivity index (χ0n) is 9.63. The van der Waals surface area contributed by atoms with Crippen LogP contribution in [0.5, 0.6) is 0 Å². The molecule has 14 heavy (non-hydrogen) atoms. The molecule has 0 spiro atoms. The van der Waals surface area contributed by atoms with Crippen LogP contribution in [0, 0.1) is 11.3 Å². The minimum absolute atomic E-state index is 0.535. The Hall–Kier alpha value is -0.0800. The van der Waals surface area contributed by atoms with Gasteiger partial charge in [-0.2, -0.15) is 0 Å². The third-order valence-electron chi connectivity index (χ3n) is 4.08. The molecule has 0 amide bonds. The van der Waals surface area contributed by atoms with E-state index in [-0.39, 0.29) is 0 Å². The number of nitrogens with two attached hydrogens (primary N) is 1. The van der Waals surface area contributed by atoms with Crippen LogP contribution in [0.25, 0.3) is 0 Å². The van der Waals surface area contributed by atoms with Gasteiger partial charge in [0.2, 0.25) is 0 Å². The molecular weight excluding hydrogens is 172 g/mol. The molecule has 2 N–H and O–H groups in total. The van der Waals surface area contributed by atoms with E-state index in [1.165, 1.54) is 38.8 Å². The van der Waals surface area contributed by atoms with Crippen LogP contribution in [0.1, 0.15) is 39.5 Å². The Bertz CT molecular complexity index is 198. The molecule has 2 rings (SSSR count). The van der Waals surface area contributed by atoms with Crippen molar-refractivity contribution in [1.82, 2.24) is 4.90 Å². The lowest BCUT2D eigenvalue weighted by molar-refractivity contribution is 0.00879. The van der Waals surface area contributed by atoms with Gasteiger partial charge in [-0.25, -0.2) is 0 Å². The summed E-state index contributed by atoms with van der Waals surface area (Å²) in [5, 5.41) is 0. The molecular formula is C12H24N2. The number of hydrogen-bond acceptors (Lipinski definition) is 2. The molecule has 2 heteroatoms. The molecule has 0 bridgehead atoms. The van der Waals surface area contributed by atoms with Crippen LogP contribution in [0.4, 0.5) is 0 Å². The van der Waals surface area contributed by atoms with E-state index in [0.717, 1.165) is 18.5 Å². The number of nitrogens with zero attached hydrogens (tertiary/aromatic N) is 1. The van der Waals surface area contributed by atoms with E-state index in [0.29, 0.717) is 5.41 Å². The summed E-state index contributed by atoms with van der Waals surface area (Å²) in [6.07, 6.45) is 5.51. The fourth-order valence-corrected chi connectivity index (χ4v) is 3.06. The monoisotopic (exact) mass is 196 g/mol. The maximum absolute atomic E-state index is 5.77. The second-order valence-electron chi connectivity index (χ2n) is 5.88.